The van der Waals surface area contributed by atoms with Crippen LogP contribution in [-0.2, 0) is 0 Å². The average molecular weight is 374 g/mol. The average Bonchev–Trinajstić information content (AvgIpc) is 2.54. The number of hydrogen-bond donors (Lipinski definition) is 0. The van der Waals surface area contributed by atoms with E-state index in [0.29, 0.717) is 0 Å². The molecule has 4 nitrogen and oxygen atoms in total. The molecular formula is C16H8ClF4NO3. The summed E-state index contributed by atoms with van der Waals surface area (Å²) in [6.45, 7) is 0. The highest BCUT2D eigenvalue weighted by Gasteiger charge is 2.44. The lowest BCUT2D eigenvalue weighted by atomic mass is 10.2. The summed E-state index contributed by atoms with van der Waals surface area (Å²) in [6, 6.07) is 9.33. The van der Waals surface area contributed by atoms with Crippen LogP contribution >= 0.6 is 11.6 Å². The third kappa shape index (κ3) is 3.43. The Kier molecular flexibility index (Phi) is 4.38. The standard InChI is InChI=1S/C16H8ClF4NO3/c17-10-5-2-6-11-12(10)14(23)24-13(22-11)8-3-1-4-9(7-8)25-16(20,21)15(18)19/h1-7,15H. The maximum absolute atomic E-state index is 13.0. The molecule has 9 heteroatoms. The van der Waals surface area contributed by atoms with Gasteiger partial charge in [0.25, 0.3) is 0 Å². The summed E-state index contributed by atoms with van der Waals surface area (Å²) in [5, 5.41) is 0.225. The van der Waals surface area contributed by atoms with Gasteiger partial charge in [-0.1, -0.05) is 23.7 Å². The third-order valence-corrected chi connectivity index (χ3v) is 3.51. The molecule has 0 aliphatic carbocycles. The fourth-order valence-electron chi connectivity index (χ4n) is 2.10. The molecule has 3 rings (SSSR count). The van der Waals surface area contributed by atoms with Crippen molar-refractivity contribution in [3.05, 3.63) is 57.9 Å². The minimum absolute atomic E-state index is 0.0737. The molecule has 2 aromatic carbocycles. The number of ether oxygens (including phenoxy) is 1. The summed E-state index contributed by atoms with van der Waals surface area (Å²) in [4.78, 5) is 16.2. The molecule has 25 heavy (non-hydrogen) atoms. The number of rotatable bonds is 4. The molecule has 0 radical (unpaired) electrons. The van der Waals surface area contributed by atoms with Crippen LogP contribution in [0.15, 0.2) is 51.7 Å². The van der Waals surface area contributed by atoms with Crippen molar-refractivity contribution < 1.29 is 26.7 Å². The number of hydrogen-bond acceptors (Lipinski definition) is 4. The van der Waals surface area contributed by atoms with E-state index in [1.807, 2.05) is 0 Å². The Morgan fingerprint density at radius 1 is 1.16 bits per heavy atom. The summed E-state index contributed by atoms with van der Waals surface area (Å²) in [5.41, 5.74) is -0.431. The SMILES string of the molecule is O=c1oc(-c2cccc(OC(F)(F)C(F)F)c2)nc2cccc(Cl)c12. The lowest BCUT2D eigenvalue weighted by Crippen LogP contribution is -2.33. The molecule has 0 unspecified atom stereocenters. The van der Waals surface area contributed by atoms with E-state index in [1.165, 1.54) is 24.3 Å². The van der Waals surface area contributed by atoms with E-state index in [-0.39, 0.29) is 27.4 Å². The molecular weight excluding hydrogens is 366 g/mol. The predicted molar refractivity (Wildman–Crippen MR) is 82.3 cm³/mol. The van der Waals surface area contributed by atoms with E-state index in [9.17, 15) is 22.4 Å². The molecule has 0 amide bonds. The summed E-state index contributed by atoms with van der Waals surface area (Å²) < 4.78 is 59.5. The van der Waals surface area contributed by atoms with Crippen LogP contribution in [0.5, 0.6) is 5.75 Å². The van der Waals surface area contributed by atoms with E-state index in [0.717, 1.165) is 12.1 Å². The van der Waals surface area contributed by atoms with Crippen molar-refractivity contribution >= 4 is 22.5 Å². The van der Waals surface area contributed by atoms with Crippen LogP contribution in [0.3, 0.4) is 0 Å². The Morgan fingerprint density at radius 3 is 2.60 bits per heavy atom. The normalized spacial score (nSPS) is 11.9. The Morgan fingerprint density at radius 2 is 1.88 bits per heavy atom. The molecule has 0 atom stereocenters. The minimum atomic E-state index is -4.65. The largest absolute Gasteiger partial charge is 0.461 e. The second-order valence-electron chi connectivity index (χ2n) is 4.93. The summed E-state index contributed by atoms with van der Waals surface area (Å²) in [5.74, 6) is -0.719. The second kappa shape index (κ2) is 6.36. The fraction of sp³-hybridized carbons (Fsp3) is 0.125. The van der Waals surface area contributed by atoms with Crippen LogP contribution in [0.25, 0.3) is 22.4 Å². The first-order valence-electron chi connectivity index (χ1n) is 6.83. The van der Waals surface area contributed by atoms with Gasteiger partial charge in [0.05, 0.1) is 10.5 Å². The molecule has 0 saturated carbocycles. The first-order chi connectivity index (χ1) is 11.8. The Hall–Kier alpha value is -2.61. The second-order valence-corrected chi connectivity index (χ2v) is 5.34. The van der Waals surface area contributed by atoms with Gasteiger partial charge in [0.1, 0.15) is 11.1 Å². The van der Waals surface area contributed by atoms with E-state index >= 15 is 0 Å². The number of halogens is 5. The molecule has 1 aromatic heterocycles. The molecule has 0 saturated heterocycles. The number of aromatic nitrogens is 1. The predicted octanol–water partition coefficient (Wildman–Crippen LogP) is 4.75. The number of alkyl halides is 4. The summed E-state index contributed by atoms with van der Waals surface area (Å²) in [6.07, 6.45) is -8.64. The monoisotopic (exact) mass is 373 g/mol. The molecule has 0 aliphatic heterocycles. The Bertz CT molecular complexity index is 991. The molecule has 0 spiro atoms. The van der Waals surface area contributed by atoms with Crippen LogP contribution < -0.4 is 10.4 Å². The highest BCUT2D eigenvalue weighted by molar-refractivity contribution is 6.35. The zero-order valence-electron chi connectivity index (χ0n) is 12.2. The first-order valence-corrected chi connectivity index (χ1v) is 7.20. The van der Waals surface area contributed by atoms with Crippen molar-refractivity contribution in [1.82, 2.24) is 4.98 Å². The molecule has 0 aliphatic rings. The number of fused-ring (bicyclic) bond motifs is 1. The van der Waals surface area contributed by atoms with Gasteiger partial charge in [-0.25, -0.2) is 9.78 Å². The maximum Gasteiger partial charge on any atom is 0.461 e. The van der Waals surface area contributed by atoms with Crippen LogP contribution in [0.1, 0.15) is 0 Å². The fourth-order valence-corrected chi connectivity index (χ4v) is 2.34. The van der Waals surface area contributed by atoms with Gasteiger partial charge in [-0.05, 0) is 30.3 Å². The van der Waals surface area contributed by atoms with Crippen LogP contribution in [-0.4, -0.2) is 17.5 Å². The molecule has 0 fully saturated rings. The van der Waals surface area contributed by atoms with Crippen molar-refractivity contribution in [3.8, 4) is 17.2 Å². The Balaban J connectivity index is 2.05. The van der Waals surface area contributed by atoms with Gasteiger partial charge in [-0.3, -0.25) is 0 Å². The molecule has 1 heterocycles. The van der Waals surface area contributed by atoms with Gasteiger partial charge < -0.3 is 9.15 Å². The lowest BCUT2D eigenvalue weighted by molar-refractivity contribution is -0.253. The van der Waals surface area contributed by atoms with Crippen molar-refractivity contribution in [2.24, 2.45) is 0 Å². The number of benzene rings is 2. The topological polar surface area (TPSA) is 52.3 Å². The smallest absolute Gasteiger partial charge is 0.428 e. The molecule has 0 bridgehead atoms. The molecule has 0 N–H and O–H groups in total. The number of nitrogens with zero attached hydrogens (tertiary/aromatic N) is 1. The first kappa shape index (κ1) is 17.2. The van der Waals surface area contributed by atoms with Gasteiger partial charge in [0.15, 0.2) is 0 Å². The van der Waals surface area contributed by atoms with E-state index in [2.05, 4.69) is 9.72 Å². The van der Waals surface area contributed by atoms with Crippen molar-refractivity contribution in [1.29, 1.82) is 0 Å². The van der Waals surface area contributed by atoms with Crippen molar-refractivity contribution in [2.75, 3.05) is 0 Å². The van der Waals surface area contributed by atoms with Crippen LogP contribution in [0.2, 0.25) is 5.02 Å². The molecule has 3 aromatic rings. The summed E-state index contributed by atoms with van der Waals surface area (Å²) in [7, 11) is 0. The quantitative estimate of drug-likeness (QED) is 0.620. The molecule has 130 valence electrons. The highest BCUT2D eigenvalue weighted by Crippen LogP contribution is 2.30. The zero-order valence-corrected chi connectivity index (χ0v) is 12.9. The van der Waals surface area contributed by atoms with Crippen LogP contribution in [0.4, 0.5) is 17.6 Å². The Labute approximate surface area is 142 Å². The van der Waals surface area contributed by atoms with Gasteiger partial charge in [-0.15, -0.1) is 0 Å². The minimum Gasteiger partial charge on any atom is -0.428 e. The van der Waals surface area contributed by atoms with E-state index in [1.54, 1.807) is 6.07 Å². The van der Waals surface area contributed by atoms with Crippen molar-refractivity contribution in [2.45, 2.75) is 12.5 Å². The van der Waals surface area contributed by atoms with E-state index < -0.39 is 23.9 Å². The summed E-state index contributed by atoms with van der Waals surface area (Å²) >= 11 is 5.91. The van der Waals surface area contributed by atoms with Gasteiger partial charge in [-0.2, -0.15) is 17.6 Å². The zero-order chi connectivity index (χ0) is 18.2. The van der Waals surface area contributed by atoms with Crippen LogP contribution in [0, 0.1) is 0 Å². The van der Waals surface area contributed by atoms with E-state index in [4.69, 9.17) is 16.0 Å². The third-order valence-electron chi connectivity index (χ3n) is 3.20. The van der Waals surface area contributed by atoms with Gasteiger partial charge in [0.2, 0.25) is 5.89 Å². The van der Waals surface area contributed by atoms with Gasteiger partial charge in [0, 0.05) is 5.56 Å². The highest BCUT2D eigenvalue weighted by atomic mass is 35.5. The van der Waals surface area contributed by atoms with Crippen molar-refractivity contribution in [3.63, 3.8) is 0 Å². The van der Waals surface area contributed by atoms with Gasteiger partial charge >= 0.3 is 18.2 Å². The maximum atomic E-state index is 13.0. The lowest BCUT2D eigenvalue weighted by Gasteiger charge is -2.17.